The minimum absolute atomic E-state index is 0.0195. The van der Waals surface area contributed by atoms with Crippen molar-refractivity contribution in [2.75, 3.05) is 6.54 Å². The number of carboxylic acids is 1. The van der Waals surface area contributed by atoms with Crippen LogP contribution in [0, 0.1) is 0 Å². The summed E-state index contributed by atoms with van der Waals surface area (Å²) in [6, 6.07) is -1.84. The van der Waals surface area contributed by atoms with E-state index in [1.165, 1.54) is 0 Å². The number of rotatable bonds is 2. The van der Waals surface area contributed by atoms with E-state index < -0.39 is 30.3 Å². The molecule has 2 amide bonds. The average Bonchev–Trinajstić information content (AvgIpc) is 2.68. The summed E-state index contributed by atoms with van der Waals surface area (Å²) in [5.74, 6) is -1.11. The summed E-state index contributed by atoms with van der Waals surface area (Å²) in [7, 11) is 0. The van der Waals surface area contributed by atoms with Gasteiger partial charge in [0.2, 0.25) is 0 Å². The van der Waals surface area contributed by atoms with E-state index in [1.807, 2.05) is 0 Å². The largest absolute Gasteiger partial charge is 0.480 e. The van der Waals surface area contributed by atoms with Crippen LogP contribution in [0.4, 0.5) is 4.79 Å². The normalized spacial score (nSPS) is 34.6. The monoisotopic (exact) mass is 286 g/mol. The first kappa shape index (κ1) is 15.1. The van der Waals surface area contributed by atoms with Gasteiger partial charge in [0, 0.05) is 13.0 Å². The van der Waals surface area contributed by atoms with E-state index in [0.717, 1.165) is 24.2 Å². The predicted octanol–water partition coefficient (Wildman–Crippen LogP) is -0.0906. The summed E-state index contributed by atoms with van der Waals surface area (Å²) in [5.41, 5.74) is 0. The van der Waals surface area contributed by atoms with Gasteiger partial charge in [0.25, 0.3) is 0 Å². The second kappa shape index (κ2) is 6.41. The Morgan fingerprint density at radius 2 is 1.80 bits per heavy atom. The minimum atomic E-state index is -1.11. The zero-order valence-electron chi connectivity index (χ0n) is 11.4. The van der Waals surface area contributed by atoms with Crippen molar-refractivity contribution in [3.8, 4) is 0 Å². The fourth-order valence-electron chi connectivity index (χ4n) is 2.97. The van der Waals surface area contributed by atoms with E-state index in [2.05, 4.69) is 5.32 Å². The lowest BCUT2D eigenvalue weighted by atomic mass is 10.1. The Hall–Kier alpha value is -1.34. The molecule has 7 heteroatoms. The van der Waals surface area contributed by atoms with Gasteiger partial charge in [0.1, 0.15) is 6.04 Å². The van der Waals surface area contributed by atoms with Crippen LogP contribution < -0.4 is 5.32 Å². The van der Waals surface area contributed by atoms with Crippen molar-refractivity contribution in [2.45, 2.75) is 62.8 Å². The van der Waals surface area contributed by atoms with Crippen molar-refractivity contribution in [3.05, 3.63) is 0 Å². The lowest BCUT2D eigenvalue weighted by Crippen LogP contribution is -2.52. The summed E-state index contributed by atoms with van der Waals surface area (Å²) < 4.78 is 0. The van der Waals surface area contributed by atoms with Gasteiger partial charge in [-0.05, 0) is 12.8 Å². The number of amides is 2. The van der Waals surface area contributed by atoms with Gasteiger partial charge in [0.15, 0.2) is 0 Å². The number of carboxylic acid groups (broad SMARTS) is 1. The molecule has 0 aromatic carbocycles. The molecule has 1 aliphatic heterocycles. The van der Waals surface area contributed by atoms with Crippen LogP contribution in [0.2, 0.25) is 0 Å². The molecule has 2 unspecified atom stereocenters. The van der Waals surface area contributed by atoms with Crippen molar-refractivity contribution < 1.29 is 24.9 Å². The summed E-state index contributed by atoms with van der Waals surface area (Å²) in [6.45, 7) is 0.0195. The van der Waals surface area contributed by atoms with Crippen molar-refractivity contribution in [3.63, 3.8) is 0 Å². The molecule has 0 aromatic heterocycles. The number of nitrogens with zero attached hydrogens (tertiary/aromatic N) is 1. The second-order valence-electron chi connectivity index (χ2n) is 5.66. The molecule has 4 N–H and O–H groups in total. The van der Waals surface area contributed by atoms with Crippen LogP contribution in [0.3, 0.4) is 0 Å². The number of nitrogens with one attached hydrogen (secondary N) is 1. The van der Waals surface area contributed by atoms with Crippen LogP contribution in [0.1, 0.15) is 38.5 Å². The Morgan fingerprint density at radius 1 is 1.10 bits per heavy atom. The van der Waals surface area contributed by atoms with E-state index in [1.54, 1.807) is 0 Å². The number of hydrogen-bond donors (Lipinski definition) is 4. The van der Waals surface area contributed by atoms with Crippen molar-refractivity contribution in [2.24, 2.45) is 0 Å². The molecule has 1 saturated heterocycles. The fraction of sp³-hybridized carbons (Fsp3) is 0.846. The molecular formula is C13H22N2O5. The number of carbonyl (C=O) groups excluding carboxylic acids is 1. The molecular weight excluding hydrogens is 264 g/mol. The third-order valence-corrected chi connectivity index (χ3v) is 4.11. The molecule has 0 aromatic rings. The highest BCUT2D eigenvalue weighted by molar-refractivity contribution is 5.83. The number of aliphatic carboxylic acids is 1. The lowest BCUT2D eigenvalue weighted by molar-refractivity contribution is -0.141. The summed E-state index contributed by atoms with van der Waals surface area (Å²) >= 11 is 0. The highest BCUT2D eigenvalue weighted by Crippen LogP contribution is 2.21. The molecule has 2 rings (SSSR count). The molecule has 20 heavy (non-hydrogen) atoms. The molecule has 4 atom stereocenters. The van der Waals surface area contributed by atoms with E-state index in [0.29, 0.717) is 12.8 Å². The van der Waals surface area contributed by atoms with Crippen LogP contribution >= 0.6 is 0 Å². The predicted molar refractivity (Wildman–Crippen MR) is 70.2 cm³/mol. The molecule has 0 radical (unpaired) electrons. The summed E-state index contributed by atoms with van der Waals surface area (Å²) in [5, 5.41) is 31.3. The number of urea groups is 1. The first-order valence-corrected chi connectivity index (χ1v) is 7.15. The average molecular weight is 286 g/mol. The second-order valence-corrected chi connectivity index (χ2v) is 5.66. The maximum atomic E-state index is 12.2. The van der Waals surface area contributed by atoms with Crippen molar-refractivity contribution in [1.29, 1.82) is 0 Å². The van der Waals surface area contributed by atoms with Crippen LogP contribution in [0.15, 0.2) is 0 Å². The number of likely N-dealkylation sites (tertiary alicyclic amines) is 1. The van der Waals surface area contributed by atoms with Gasteiger partial charge in [-0.25, -0.2) is 9.59 Å². The number of aliphatic hydroxyl groups is 2. The molecule has 7 nitrogen and oxygen atoms in total. The van der Waals surface area contributed by atoms with Gasteiger partial charge in [-0.15, -0.1) is 0 Å². The zero-order chi connectivity index (χ0) is 14.7. The molecule has 0 bridgehead atoms. The maximum Gasteiger partial charge on any atom is 0.326 e. The van der Waals surface area contributed by atoms with Crippen LogP contribution in [-0.4, -0.2) is 63.1 Å². The number of hydrogen-bond acceptors (Lipinski definition) is 4. The topological polar surface area (TPSA) is 110 Å². The summed E-state index contributed by atoms with van der Waals surface area (Å²) in [6.07, 6.45) is 2.91. The van der Waals surface area contributed by atoms with Gasteiger partial charge < -0.3 is 25.5 Å². The quantitative estimate of drug-likeness (QED) is 0.530. The summed E-state index contributed by atoms with van der Waals surface area (Å²) in [4.78, 5) is 24.4. The van der Waals surface area contributed by atoms with Gasteiger partial charge >= 0.3 is 12.0 Å². The third-order valence-electron chi connectivity index (χ3n) is 4.11. The maximum absolute atomic E-state index is 12.2. The van der Waals surface area contributed by atoms with E-state index >= 15 is 0 Å². The molecule has 1 aliphatic carbocycles. The SMILES string of the molecule is O=C(O)[C@@H]1C[C@H](O)CN1C(=O)NC1CCCCCC1O. The van der Waals surface area contributed by atoms with Crippen LogP contribution in [0.5, 0.6) is 0 Å². The molecule has 0 spiro atoms. The number of β-amino-alcohol motifs (C(OH)–C–C–N with tert-alkyl or cyclic N) is 1. The smallest absolute Gasteiger partial charge is 0.326 e. The fourth-order valence-corrected chi connectivity index (χ4v) is 2.97. The van der Waals surface area contributed by atoms with Gasteiger partial charge in [-0.3, -0.25) is 0 Å². The number of aliphatic hydroxyl groups excluding tert-OH is 2. The highest BCUT2D eigenvalue weighted by atomic mass is 16.4. The number of carbonyl (C=O) groups is 2. The molecule has 114 valence electrons. The Labute approximate surface area is 117 Å². The molecule has 1 heterocycles. The standard InChI is InChI=1S/C13H22N2O5/c16-8-6-10(12(18)19)15(7-8)13(20)14-9-4-2-1-3-5-11(9)17/h8-11,16-17H,1-7H2,(H,14,20)(H,18,19)/t8-,9?,10-,11?/m0/s1. The first-order valence-electron chi connectivity index (χ1n) is 7.15. The van der Waals surface area contributed by atoms with Crippen molar-refractivity contribution in [1.82, 2.24) is 10.2 Å². The Morgan fingerprint density at radius 3 is 2.50 bits per heavy atom. The Kier molecular flexibility index (Phi) is 4.82. The van der Waals surface area contributed by atoms with Crippen LogP contribution in [0.25, 0.3) is 0 Å². The highest BCUT2D eigenvalue weighted by Gasteiger charge is 2.39. The Balaban J connectivity index is 1.97. The molecule has 1 saturated carbocycles. The van der Waals surface area contributed by atoms with Crippen LogP contribution in [-0.2, 0) is 4.79 Å². The third kappa shape index (κ3) is 3.40. The Bertz CT molecular complexity index is 376. The van der Waals surface area contributed by atoms with Crippen molar-refractivity contribution >= 4 is 12.0 Å². The van der Waals surface area contributed by atoms with E-state index in [9.17, 15) is 19.8 Å². The lowest BCUT2D eigenvalue weighted by Gasteiger charge is -2.27. The van der Waals surface area contributed by atoms with E-state index in [4.69, 9.17) is 5.11 Å². The molecule has 2 aliphatic rings. The molecule has 2 fully saturated rings. The van der Waals surface area contributed by atoms with Gasteiger partial charge in [-0.1, -0.05) is 19.3 Å². The van der Waals surface area contributed by atoms with E-state index in [-0.39, 0.29) is 19.0 Å². The zero-order valence-corrected chi connectivity index (χ0v) is 11.4. The van der Waals surface area contributed by atoms with Gasteiger partial charge in [-0.2, -0.15) is 0 Å². The van der Waals surface area contributed by atoms with Gasteiger partial charge in [0.05, 0.1) is 18.2 Å². The first-order chi connectivity index (χ1) is 9.49. The minimum Gasteiger partial charge on any atom is -0.480 e.